The molecule has 0 saturated carbocycles. The van der Waals surface area contributed by atoms with Crippen LogP contribution in [0.1, 0.15) is 25.8 Å². The Balaban J connectivity index is 1.85. The van der Waals surface area contributed by atoms with Crippen molar-refractivity contribution < 1.29 is 9.53 Å². The van der Waals surface area contributed by atoms with Crippen LogP contribution in [-0.2, 0) is 0 Å². The zero-order chi connectivity index (χ0) is 17.1. The first kappa shape index (κ1) is 16.3. The maximum Gasteiger partial charge on any atom is 0.317 e. The largest absolute Gasteiger partial charge is 0.496 e. The predicted octanol–water partition coefficient (Wildman–Crippen LogP) is 1.77. The molecule has 1 fully saturated rings. The van der Waals surface area contributed by atoms with Crippen LogP contribution >= 0.6 is 0 Å². The van der Waals surface area contributed by atoms with E-state index in [1.807, 2.05) is 13.0 Å². The van der Waals surface area contributed by atoms with Crippen LogP contribution in [0.2, 0.25) is 0 Å². The fraction of sp³-hybridized carbons (Fsp3) is 0.471. The van der Waals surface area contributed by atoms with Crippen molar-refractivity contribution in [2.75, 3.05) is 26.7 Å². The third-order valence-corrected chi connectivity index (χ3v) is 4.47. The van der Waals surface area contributed by atoms with Gasteiger partial charge in [0.2, 0.25) is 0 Å². The SMILES string of the molecule is CCNC(=O)N1CCC(n2cnc3cccc(OC)c3c2=O)CC1. The fourth-order valence-electron chi connectivity index (χ4n) is 3.19. The standard InChI is InChI=1S/C17H22N4O3/c1-3-18-17(23)20-9-7-12(8-10-20)21-11-19-13-5-4-6-14(24-2)15(13)16(21)22/h4-6,11-12H,3,7-10H2,1-2H3,(H,18,23). The van der Waals surface area contributed by atoms with Crippen molar-refractivity contribution in [1.29, 1.82) is 0 Å². The molecule has 1 aromatic carbocycles. The first-order valence-electron chi connectivity index (χ1n) is 8.22. The van der Waals surface area contributed by atoms with Crippen LogP contribution in [0.5, 0.6) is 5.75 Å². The molecule has 1 N–H and O–H groups in total. The average Bonchev–Trinajstić information content (AvgIpc) is 2.62. The van der Waals surface area contributed by atoms with Crippen LogP contribution in [0.4, 0.5) is 4.79 Å². The van der Waals surface area contributed by atoms with Gasteiger partial charge in [0.1, 0.15) is 11.1 Å². The highest BCUT2D eigenvalue weighted by Crippen LogP contribution is 2.24. The monoisotopic (exact) mass is 330 g/mol. The van der Waals surface area contributed by atoms with E-state index in [9.17, 15) is 9.59 Å². The summed E-state index contributed by atoms with van der Waals surface area (Å²) in [5, 5.41) is 3.32. The van der Waals surface area contributed by atoms with E-state index in [1.165, 1.54) is 0 Å². The summed E-state index contributed by atoms with van der Waals surface area (Å²) < 4.78 is 6.99. The molecule has 2 aromatic rings. The number of ether oxygens (including phenoxy) is 1. The van der Waals surface area contributed by atoms with Gasteiger partial charge in [-0.05, 0) is 31.9 Å². The smallest absolute Gasteiger partial charge is 0.317 e. The number of fused-ring (bicyclic) bond motifs is 1. The van der Waals surface area contributed by atoms with Gasteiger partial charge in [0.05, 0.1) is 19.0 Å². The number of hydrogen-bond donors (Lipinski definition) is 1. The Hall–Kier alpha value is -2.57. The number of urea groups is 1. The number of methoxy groups -OCH3 is 1. The number of benzene rings is 1. The average molecular weight is 330 g/mol. The molecule has 128 valence electrons. The third-order valence-electron chi connectivity index (χ3n) is 4.47. The van der Waals surface area contributed by atoms with Gasteiger partial charge in [0, 0.05) is 25.7 Å². The van der Waals surface area contributed by atoms with Crippen molar-refractivity contribution >= 4 is 16.9 Å². The van der Waals surface area contributed by atoms with Crippen LogP contribution in [-0.4, -0.2) is 47.2 Å². The minimum Gasteiger partial charge on any atom is -0.496 e. The lowest BCUT2D eigenvalue weighted by Crippen LogP contribution is -2.45. The molecule has 1 aliphatic rings. The van der Waals surface area contributed by atoms with E-state index in [0.717, 1.165) is 12.8 Å². The second-order valence-electron chi connectivity index (χ2n) is 5.87. The normalized spacial score (nSPS) is 15.5. The van der Waals surface area contributed by atoms with Gasteiger partial charge in [-0.2, -0.15) is 0 Å². The molecular formula is C17H22N4O3. The summed E-state index contributed by atoms with van der Waals surface area (Å²) in [4.78, 5) is 31.0. The number of carbonyl (C=O) groups excluding carboxylic acids is 1. The summed E-state index contributed by atoms with van der Waals surface area (Å²) in [6.07, 6.45) is 3.08. The quantitative estimate of drug-likeness (QED) is 0.930. The predicted molar refractivity (Wildman–Crippen MR) is 91.5 cm³/mol. The van der Waals surface area contributed by atoms with E-state index in [-0.39, 0.29) is 17.6 Å². The highest BCUT2D eigenvalue weighted by Gasteiger charge is 2.25. The highest BCUT2D eigenvalue weighted by atomic mass is 16.5. The van der Waals surface area contributed by atoms with Gasteiger partial charge in [-0.3, -0.25) is 9.36 Å². The lowest BCUT2D eigenvalue weighted by molar-refractivity contribution is 0.171. The van der Waals surface area contributed by atoms with Gasteiger partial charge in [0.15, 0.2) is 0 Å². The Morgan fingerprint density at radius 2 is 2.12 bits per heavy atom. The van der Waals surface area contributed by atoms with E-state index >= 15 is 0 Å². The number of amides is 2. The summed E-state index contributed by atoms with van der Waals surface area (Å²) in [6, 6.07) is 5.41. The van der Waals surface area contributed by atoms with Crippen molar-refractivity contribution in [2.45, 2.75) is 25.8 Å². The molecule has 2 amide bonds. The summed E-state index contributed by atoms with van der Waals surface area (Å²) in [7, 11) is 1.55. The van der Waals surface area contributed by atoms with E-state index in [0.29, 0.717) is 36.3 Å². The van der Waals surface area contributed by atoms with Gasteiger partial charge < -0.3 is 15.0 Å². The Kier molecular flexibility index (Phi) is 4.69. The number of nitrogens with one attached hydrogen (secondary N) is 1. The Labute approximate surface area is 140 Å². The lowest BCUT2D eigenvalue weighted by Gasteiger charge is -2.32. The first-order chi connectivity index (χ1) is 11.7. The van der Waals surface area contributed by atoms with Crippen LogP contribution < -0.4 is 15.6 Å². The summed E-state index contributed by atoms with van der Waals surface area (Å²) >= 11 is 0. The molecule has 0 radical (unpaired) electrons. The minimum atomic E-state index is -0.0890. The summed E-state index contributed by atoms with van der Waals surface area (Å²) in [5.41, 5.74) is 0.546. The van der Waals surface area contributed by atoms with Crippen molar-refractivity contribution in [2.24, 2.45) is 0 Å². The number of nitrogens with zero attached hydrogens (tertiary/aromatic N) is 3. The van der Waals surface area contributed by atoms with Crippen molar-refractivity contribution in [3.8, 4) is 5.75 Å². The van der Waals surface area contributed by atoms with E-state index < -0.39 is 0 Å². The number of carbonyl (C=O) groups is 1. The molecule has 0 spiro atoms. The number of rotatable bonds is 3. The molecule has 2 heterocycles. The molecule has 0 unspecified atom stereocenters. The van der Waals surface area contributed by atoms with E-state index in [1.54, 1.807) is 35.0 Å². The van der Waals surface area contributed by atoms with Gasteiger partial charge >= 0.3 is 6.03 Å². The van der Waals surface area contributed by atoms with Gasteiger partial charge in [-0.15, -0.1) is 0 Å². The minimum absolute atomic E-state index is 0.0402. The zero-order valence-electron chi connectivity index (χ0n) is 14.0. The van der Waals surface area contributed by atoms with E-state index in [2.05, 4.69) is 10.3 Å². The maximum atomic E-state index is 12.9. The number of likely N-dealkylation sites (tertiary alicyclic amines) is 1. The molecule has 0 atom stereocenters. The molecule has 0 aliphatic carbocycles. The first-order valence-corrected chi connectivity index (χ1v) is 8.22. The number of hydrogen-bond acceptors (Lipinski definition) is 4. The van der Waals surface area contributed by atoms with Crippen molar-refractivity contribution in [3.63, 3.8) is 0 Å². The van der Waals surface area contributed by atoms with Crippen LogP contribution in [0.3, 0.4) is 0 Å². The van der Waals surface area contributed by atoms with Crippen molar-refractivity contribution in [3.05, 3.63) is 34.9 Å². The number of piperidine rings is 1. The molecule has 3 rings (SSSR count). The Bertz CT molecular complexity index is 794. The van der Waals surface area contributed by atoms with Gasteiger partial charge in [-0.25, -0.2) is 9.78 Å². The molecule has 7 heteroatoms. The summed E-state index contributed by atoms with van der Waals surface area (Å²) in [6.45, 7) is 3.78. The third kappa shape index (κ3) is 2.93. The molecule has 7 nitrogen and oxygen atoms in total. The molecule has 0 bridgehead atoms. The molecule has 1 aromatic heterocycles. The van der Waals surface area contributed by atoms with Crippen LogP contribution in [0, 0.1) is 0 Å². The topological polar surface area (TPSA) is 76.5 Å². The number of aromatic nitrogens is 2. The highest BCUT2D eigenvalue weighted by molar-refractivity contribution is 5.84. The molecule has 24 heavy (non-hydrogen) atoms. The molecule has 1 aliphatic heterocycles. The van der Waals surface area contributed by atoms with Crippen LogP contribution in [0.25, 0.3) is 10.9 Å². The lowest BCUT2D eigenvalue weighted by atomic mass is 10.0. The zero-order valence-corrected chi connectivity index (χ0v) is 14.0. The Morgan fingerprint density at radius 1 is 1.38 bits per heavy atom. The molecule has 1 saturated heterocycles. The maximum absolute atomic E-state index is 12.9. The second-order valence-corrected chi connectivity index (χ2v) is 5.87. The van der Waals surface area contributed by atoms with E-state index in [4.69, 9.17) is 4.74 Å². The van der Waals surface area contributed by atoms with Gasteiger partial charge in [0.25, 0.3) is 5.56 Å². The summed E-state index contributed by atoms with van der Waals surface area (Å²) in [5.74, 6) is 0.541. The fourth-order valence-corrected chi connectivity index (χ4v) is 3.19. The Morgan fingerprint density at radius 3 is 2.79 bits per heavy atom. The van der Waals surface area contributed by atoms with Crippen LogP contribution in [0.15, 0.2) is 29.3 Å². The molecular weight excluding hydrogens is 308 g/mol. The second kappa shape index (κ2) is 6.90. The van der Waals surface area contributed by atoms with Gasteiger partial charge in [-0.1, -0.05) is 6.07 Å². The van der Waals surface area contributed by atoms with Crippen molar-refractivity contribution in [1.82, 2.24) is 19.8 Å².